The Kier molecular flexibility index (Phi) is 11.0. The second kappa shape index (κ2) is 15.7. The largest absolute Gasteiger partial charge is 0.457 e. The molecule has 1 fully saturated rings. The van der Waals surface area contributed by atoms with Crippen LogP contribution in [0, 0.1) is 0 Å². The van der Waals surface area contributed by atoms with Gasteiger partial charge < -0.3 is 19.5 Å². The SMILES string of the molecule is CC(C)(C)[Si](OCC1CCC(Nc2ncnc3[nH]cc(C(=O)c4ccc(Oc5ccccc5)cc4Cl)c23)CN1S(C)(=O)=O)(c1ccccc1)c1ccccc1. The molecule has 1 saturated heterocycles. The second-order valence-corrected chi connectivity index (χ2v) is 21.6. The predicted octanol–water partition coefficient (Wildman–Crippen LogP) is 7.42. The molecule has 1 aliphatic heterocycles. The number of nitrogens with zero attached hydrogens (tertiary/aromatic N) is 3. The quantitative estimate of drug-likeness (QED) is 0.0970. The van der Waals surface area contributed by atoms with E-state index in [1.807, 2.05) is 66.7 Å². The third kappa shape index (κ3) is 7.96. The molecule has 0 radical (unpaired) electrons. The zero-order chi connectivity index (χ0) is 38.8. The fourth-order valence-electron chi connectivity index (χ4n) is 7.63. The van der Waals surface area contributed by atoms with Gasteiger partial charge in [0.2, 0.25) is 10.0 Å². The van der Waals surface area contributed by atoms with Crippen molar-refractivity contribution in [3.8, 4) is 11.5 Å². The van der Waals surface area contributed by atoms with E-state index in [9.17, 15) is 13.2 Å². The van der Waals surface area contributed by atoms with E-state index >= 15 is 0 Å². The lowest BCUT2D eigenvalue weighted by Gasteiger charge is -2.45. The van der Waals surface area contributed by atoms with E-state index in [1.165, 1.54) is 12.6 Å². The molecule has 2 atom stereocenters. The maximum Gasteiger partial charge on any atom is 0.261 e. The van der Waals surface area contributed by atoms with Gasteiger partial charge in [-0.3, -0.25) is 4.79 Å². The minimum atomic E-state index is -3.64. The number of hydrogen-bond acceptors (Lipinski definition) is 8. The van der Waals surface area contributed by atoms with Crippen LogP contribution in [0.2, 0.25) is 10.1 Å². The van der Waals surface area contributed by atoms with Crippen LogP contribution in [0.5, 0.6) is 11.5 Å². The van der Waals surface area contributed by atoms with Crippen molar-refractivity contribution in [3.05, 3.63) is 138 Å². The van der Waals surface area contributed by atoms with E-state index in [-0.39, 0.29) is 41.1 Å². The van der Waals surface area contributed by atoms with Crippen molar-refractivity contribution in [1.82, 2.24) is 19.3 Å². The average Bonchev–Trinajstić information content (AvgIpc) is 3.61. The number of rotatable bonds is 12. The molecule has 2 N–H and O–H groups in total. The highest BCUT2D eigenvalue weighted by Gasteiger charge is 2.51. The first kappa shape index (κ1) is 38.4. The highest BCUT2D eigenvalue weighted by molar-refractivity contribution is 7.88. The number of ether oxygens (including phenoxy) is 1. The van der Waals surface area contributed by atoms with Crippen molar-refractivity contribution in [2.75, 3.05) is 24.7 Å². The predicted molar refractivity (Wildman–Crippen MR) is 221 cm³/mol. The van der Waals surface area contributed by atoms with Crippen LogP contribution in [0.1, 0.15) is 49.5 Å². The number of piperidine rings is 1. The number of H-pyrrole nitrogens is 1. The Morgan fingerprint density at radius 1 is 0.891 bits per heavy atom. The minimum Gasteiger partial charge on any atom is -0.457 e. The first-order valence-corrected chi connectivity index (χ1v) is 22.4. The molecular formula is C42H44ClN5O5SSi. The van der Waals surface area contributed by atoms with E-state index in [4.69, 9.17) is 20.8 Å². The van der Waals surface area contributed by atoms with Crippen LogP contribution < -0.4 is 20.4 Å². The number of sulfonamides is 1. The Bertz CT molecular complexity index is 2350. The van der Waals surface area contributed by atoms with E-state index in [1.54, 1.807) is 28.7 Å². The number of carbonyl (C=O) groups excluding carboxylic acids is 1. The third-order valence-electron chi connectivity index (χ3n) is 10.2. The van der Waals surface area contributed by atoms with Gasteiger partial charge in [0.1, 0.15) is 29.3 Å². The first-order valence-electron chi connectivity index (χ1n) is 18.2. The molecule has 0 saturated carbocycles. The van der Waals surface area contributed by atoms with Crippen molar-refractivity contribution >= 4 is 62.9 Å². The van der Waals surface area contributed by atoms with Crippen molar-refractivity contribution in [1.29, 1.82) is 0 Å². The van der Waals surface area contributed by atoms with Crippen LogP contribution >= 0.6 is 11.6 Å². The molecular weight excluding hydrogens is 750 g/mol. The lowest BCUT2D eigenvalue weighted by atomic mass is 10.0. The van der Waals surface area contributed by atoms with Gasteiger partial charge >= 0.3 is 0 Å². The van der Waals surface area contributed by atoms with Gasteiger partial charge in [0, 0.05) is 36.5 Å². The number of hydrogen-bond donors (Lipinski definition) is 2. The molecule has 0 bridgehead atoms. The molecule has 4 aromatic carbocycles. The Labute approximate surface area is 328 Å². The van der Waals surface area contributed by atoms with Crippen LogP contribution in [0.15, 0.2) is 122 Å². The summed E-state index contributed by atoms with van der Waals surface area (Å²) in [5.41, 5.74) is 1.10. The Hall–Kier alpha value is -4.85. The summed E-state index contributed by atoms with van der Waals surface area (Å²) in [6.45, 7) is 7.07. The number of anilines is 1. The number of halogens is 1. The van der Waals surface area contributed by atoms with Crippen LogP contribution in [-0.2, 0) is 14.4 Å². The minimum absolute atomic E-state index is 0.196. The Balaban J connectivity index is 1.12. The standard InChI is InChI=1S/C42H44ClN5O5SSi/c1-42(2,3)55(33-16-10-6-11-17-33,34-18-12-7-13-19-34)52-27-30-21-20-29(26-48(30)54(4,50)51)47-41-38-36(25-44-40(38)45-28-46-41)39(49)35-23-22-32(24-37(35)43)53-31-14-8-5-9-15-31/h5-19,22-25,28-30H,20-21,26-27H2,1-4H3,(H2,44,45,46,47). The molecule has 284 valence electrons. The van der Waals surface area contributed by atoms with Gasteiger partial charge in [-0.15, -0.1) is 0 Å². The summed E-state index contributed by atoms with van der Waals surface area (Å²) in [5.74, 6) is 1.26. The number of carbonyl (C=O) groups is 1. The smallest absolute Gasteiger partial charge is 0.261 e. The second-order valence-electron chi connectivity index (χ2n) is 14.9. The van der Waals surface area contributed by atoms with Gasteiger partial charge in [-0.05, 0) is 52.5 Å². The number of para-hydroxylation sites is 1. The highest BCUT2D eigenvalue weighted by Crippen LogP contribution is 2.38. The van der Waals surface area contributed by atoms with Crippen molar-refractivity contribution < 1.29 is 22.4 Å². The van der Waals surface area contributed by atoms with Gasteiger partial charge in [-0.2, -0.15) is 4.31 Å². The van der Waals surface area contributed by atoms with Crippen LogP contribution in [0.4, 0.5) is 5.82 Å². The van der Waals surface area contributed by atoms with Crippen LogP contribution in [0.3, 0.4) is 0 Å². The number of benzene rings is 4. The Morgan fingerprint density at radius 2 is 1.53 bits per heavy atom. The molecule has 10 nitrogen and oxygen atoms in total. The number of aromatic amines is 1. The summed E-state index contributed by atoms with van der Waals surface area (Å²) in [5, 5.41) is 6.22. The summed E-state index contributed by atoms with van der Waals surface area (Å²) in [6.07, 6.45) is 5.46. The van der Waals surface area contributed by atoms with Gasteiger partial charge in [-0.1, -0.05) is 111 Å². The first-order chi connectivity index (χ1) is 26.3. The molecule has 3 heterocycles. The van der Waals surface area contributed by atoms with Crippen molar-refractivity contribution in [2.45, 2.75) is 50.7 Å². The average molecular weight is 794 g/mol. The molecule has 2 unspecified atom stereocenters. The van der Waals surface area contributed by atoms with Gasteiger partial charge in [0.25, 0.3) is 8.32 Å². The fraction of sp³-hybridized carbons (Fsp3) is 0.262. The lowest BCUT2D eigenvalue weighted by molar-refractivity contribution is 0.104. The maximum absolute atomic E-state index is 14.0. The zero-order valence-electron chi connectivity index (χ0n) is 31.2. The fourth-order valence-corrected chi connectivity index (χ4v) is 13.6. The monoisotopic (exact) mass is 793 g/mol. The van der Waals surface area contributed by atoms with Crippen LogP contribution in [-0.4, -0.2) is 73.3 Å². The van der Waals surface area contributed by atoms with Gasteiger partial charge in [0.15, 0.2) is 5.78 Å². The molecule has 7 rings (SSSR count). The van der Waals surface area contributed by atoms with Crippen LogP contribution in [0.25, 0.3) is 11.0 Å². The molecule has 6 aromatic rings. The van der Waals surface area contributed by atoms with Gasteiger partial charge in [0.05, 0.1) is 28.8 Å². The number of aromatic nitrogens is 3. The Morgan fingerprint density at radius 3 is 2.13 bits per heavy atom. The summed E-state index contributed by atoms with van der Waals surface area (Å²) in [4.78, 5) is 26.0. The highest BCUT2D eigenvalue weighted by atomic mass is 35.5. The summed E-state index contributed by atoms with van der Waals surface area (Å²) in [7, 11) is -6.54. The summed E-state index contributed by atoms with van der Waals surface area (Å²) < 4.78 is 41.5. The molecule has 2 aromatic heterocycles. The number of fused-ring (bicyclic) bond motifs is 1. The van der Waals surface area contributed by atoms with E-state index in [0.717, 1.165) is 10.4 Å². The van der Waals surface area contributed by atoms with Gasteiger partial charge in [-0.25, -0.2) is 18.4 Å². The third-order valence-corrected chi connectivity index (χ3v) is 16.8. The van der Waals surface area contributed by atoms with Crippen molar-refractivity contribution in [2.24, 2.45) is 0 Å². The molecule has 55 heavy (non-hydrogen) atoms. The maximum atomic E-state index is 14.0. The number of nitrogens with one attached hydrogen (secondary N) is 2. The molecule has 0 spiro atoms. The van der Waals surface area contributed by atoms with Crippen molar-refractivity contribution in [3.63, 3.8) is 0 Å². The van der Waals surface area contributed by atoms with E-state index < -0.39 is 18.3 Å². The molecule has 0 amide bonds. The lowest BCUT2D eigenvalue weighted by Crippen LogP contribution is -2.67. The molecule has 1 aliphatic rings. The topological polar surface area (TPSA) is 127 Å². The molecule has 13 heteroatoms. The number of ketones is 1. The summed E-state index contributed by atoms with van der Waals surface area (Å²) in [6, 6.07) is 34.3. The zero-order valence-corrected chi connectivity index (χ0v) is 33.8. The summed E-state index contributed by atoms with van der Waals surface area (Å²) >= 11 is 6.65. The normalized spacial score (nSPS) is 16.9. The molecule has 0 aliphatic carbocycles. The van der Waals surface area contributed by atoms with E-state index in [0.29, 0.717) is 52.3 Å². The van der Waals surface area contributed by atoms with E-state index in [2.05, 4.69) is 65.3 Å².